The van der Waals surface area contributed by atoms with Gasteiger partial charge < -0.3 is 10.2 Å². The molecule has 1 aromatic carbocycles. The molecule has 0 radical (unpaired) electrons. The summed E-state index contributed by atoms with van der Waals surface area (Å²) in [6.45, 7) is 1.73. The van der Waals surface area contributed by atoms with Gasteiger partial charge in [-0.25, -0.2) is 4.98 Å². The third-order valence-corrected chi connectivity index (χ3v) is 3.29. The van der Waals surface area contributed by atoms with Crippen LogP contribution in [0.3, 0.4) is 0 Å². The van der Waals surface area contributed by atoms with Gasteiger partial charge in [0, 0.05) is 11.9 Å². The van der Waals surface area contributed by atoms with E-state index in [1.807, 2.05) is 38.4 Å². The van der Waals surface area contributed by atoms with Crippen molar-refractivity contribution < 1.29 is 4.92 Å². The molecule has 1 heterocycles. The van der Waals surface area contributed by atoms with Crippen LogP contribution in [0.25, 0.3) is 10.9 Å². The molecule has 0 aliphatic carbocycles. The maximum Gasteiger partial charge on any atom is 0.311 e. The first kappa shape index (κ1) is 15.2. The lowest BCUT2D eigenvalue weighted by atomic mass is 10.1. The average molecular weight is 288 g/mol. The highest BCUT2D eigenvalue weighted by Crippen LogP contribution is 2.31. The van der Waals surface area contributed by atoms with E-state index >= 15 is 0 Å². The summed E-state index contributed by atoms with van der Waals surface area (Å²) in [5.74, 6) is 0. The number of pyridine rings is 1. The molecule has 0 fully saturated rings. The molecule has 1 aromatic heterocycles. The van der Waals surface area contributed by atoms with E-state index in [0.717, 1.165) is 30.3 Å². The molecule has 0 spiro atoms. The molecule has 6 heteroatoms. The summed E-state index contributed by atoms with van der Waals surface area (Å²) < 4.78 is 0. The topological polar surface area (TPSA) is 71.3 Å². The summed E-state index contributed by atoms with van der Waals surface area (Å²) in [5, 5.41) is 15.2. The van der Waals surface area contributed by atoms with Crippen LogP contribution < -0.4 is 5.32 Å². The molecular formula is C15H20N4O2. The molecule has 2 aromatic rings. The highest BCUT2D eigenvalue weighted by Gasteiger charge is 2.17. The van der Waals surface area contributed by atoms with Crippen LogP contribution in [0.4, 0.5) is 11.4 Å². The summed E-state index contributed by atoms with van der Waals surface area (Å²) in [7, 11) is 4.07. The fraction of sp³-hybridized carbons (Fsp3) is 0.400. The van der Waals surface area contributed by atoms with E-state index in [4.69, 9.17) is 0 Å². The van der Waals surface area contributed by atoms with Gasteiger partial charge in [0.05, 0.1) is 10.4 Å². The molecule has 0 saturated carbocycles. The molecule has 0 saturated heterocycles. The van der Waals surface area contributed by atoms with Gasteiger partial charge in [-0.3, -0.25) is 10.1 Å². The van der Waals surface area contributed by atoms with Crippen LogP contribution in [0.5, 0.6) is 0 Å². The van der Waals surface area contributed by atoms with Crippen molar-refractivity contribution in [3.8, 4) is 0 Å². The Labute approximate surface area is 123 Å². The number of nitrogens with one attached hydrogen (secondary N) is 1. The third kappa shape index (κ3) is 3.88. The van der Waals surface area contributed by atoms with Gasteiger partial charge in [0.2, 0.25) is 0 Å². The van der Waals surface area contributed by atoms with Crippen molar-refractivity contribution in [2.24, 2.45) is 0 Å². The minimum atomic E-state index is -0.387. The highest BCUT2D eigenvalue weighted by molar-refractivity contribution is 5.95. The molecule has 0 aliphatic heterocycles. The molecule has 0 unspecified atom stereocenters. The maximum atomic E-state index is 11.2. The molecule has 21 heavy (non-hydrogen) atoms. The van der Waals surface area contributed by atoms with Gasteiger partial charge in [-0.15, -0.1) is 0 Å². The smallest absolute Gasteiger partial charge is 0.311 e. The Hall–Kier alpha value is -2.21. The minimum Gasteiger partial charge on any atom is -0.379 e. The minimum absolute atomic E-state index is 0.0290. The highest BCUT2D eigenvalue weighted by atomic mass is 16.6. The van der Waals surface area contributed by atoms with E-state index in [-0.39, 0.29) is 10.6 Å². The number of aromatic nitrogens is 1. The van der Waals surface area contributed by atoms with Crippen LogP contribution in [0.2, 0.25) is 0 Å². The number of hydrogen-bond acceptors (Lipinski definition) is 5. The first-order chi connectivity index (χ1) is 10.1. The van der Waals surface area contributed by atoms with Crippen molar-refractivity contribution in [2.75, 3.05) is 32.5 Å². The Balaban J connectivity index is 2.16. The van der Waals surface area contributed by atoms with Gasteiger partial charge >= 0.3 is 5.69 Å². The second kappa shape index (κ2) is 6.99. The van der Waals surface area contributed by atoms with Crippen molar-refractivity contribution in [3.63, 3.8) is 0 Å². The van der Waals surface area contributed by atoms with E-state index in [0.29, 0.717) is 12.2 Å². The molecule has 1 N–H and O–H groups in total. The molecule has 0 aliphatic rings. The van der Waals surface area contributed by atoms with Crippen molar-refractivity contribution >= 4 is 22.3 Å². The zero-order valence-electron chi connectivity index (χ0n) is 12.4. The second-order valence-corrected chi connectivity index (χ2v) is 5.23. The third-order valence-electron chi connectivity index (χ3n) is 3.29. The standard InChI is InChI=1S/C15H20N4O2/c1-18(2)10-6-5-9-16-15-12-7-3-4-8-13(12)17-11-14(15)19(20)21/h3-4,7-8,11H,5-6,9-10H2,1-2H3,(H,16,17). The summed E-state index contributed by atoms with van der Waals surface area (Å²) in [6.07, 6.45) is 3.34. The summed E-state index contributed by atoms with van der Waals surface area (Å²) in [6, 6.07) is 7.46. The van der Waals surface area contributed by atoms with Gasteiger partial charge in [-0.05, 0) is 39.5 Å². The van der Waals surface area contributed by atoms with Gasteiger partial charge in [0.15, 0.2) is 0 Å². The van der Waals surface area contributed by atoms with Gasteiger partial charge in [0.25, 0.3) is 0 Å². The monoisotopic (exact) mass is 288 g/mol. The number of para-hydroxylation sites is 1. The summed E-state index contributed by atoms with van der Waals surface area (Å²) >= 11 is 0. The first-order valence-corrected chi connectivity index (χ1v) is 7.00. The summed E-state index contributed by atoms with van der Waals surface area (Å²) in [4.78, 5) is 17.0. The SMILES string of the molecule is CN(C)CCCCNc1c([N+](=O)[O-])cnc2ccccc12. The zero-order valence-corrected chi connectivity index (χ0v) is 12.4. The van der Waals surface area contributed by atoms with Crippen LogP contribution in [0, 0.1) is 10.1 Å². The molecule has 6 nitrogen and oxygen atoms in total. The molecule has 2 rings (SSSR count). The number of nitrogens with zero attached hydrogens (tertiary/aromatic N) is 3. The number of anilines is 1. The van der Waals surface area contributed by atoms with E-state index in [1.165, 1.54) is 6.20 Å². The van der Waals surface area contributed by atoms with E-state index in [2.05, 4.69) is 15.2 Å². The predicted molar refractivity (Wildman–Crippen MR) is 84.7 cm³/mol. The molecule has 0 atom stereocenters. The van der Waals surface area contributed by atoms with Gasteiger partial charge in [-0.1, -0.05) is 18.2 Å². The number of fused-ring (bicyclic) bond motifs is 1. The average Bonchev–Trinajstić information content (AvgIpc) is 2.46. The Morgan fingerprint density at radius 2 is 2.05 bits per heavy atom. The van der Waals surface area contributed by atoms with Crippen molar-refractivity contribution in [3.05, 3.63) is 40.6 Å². The van der Waals surface area contributed by atoms with Crippen LogP contribution in [0.15, 0.2) is 30.5 Å². The lowest BCUT2D eigenvalue weighted by molar-refractivity contribution is -0.384. The quantitative estimate of drug-likeness (QED) is 0.482. The molecule has 112 valence electrons. The first-order valence-electron chi connectivity index (χ1n) is 7.00. The maximum absolute atomic E-state index is 11.2. The number of nitro groups is 1. The van der Waals surface area contributed by atoms with Crippen molar-refractivity contribution in [2.45, 2.75) is 12.8 Å². The molecular weight excluding hydrogens is 268 g/mol. The fourth-order valence-electron chi connectivity index (χ4n) is 2.22. The lowest BCUT2D eigenvalue weighted by Gasteiger charge is -2.11. The fourth-order valence-corrected chi connectivity index (χ4v) is 2.22. The van der Waals surface area contributed by atoms with Crippen LogP contribution in [0.1, 0.15) is 12.8 Å². The molecule has 0 amide bonds. The normalized spacial score (nSPS) is 11.0. The number of hydrogen-bond donors (Lipinski definition) is 1. The molecule has 0 bridgehead atoms. The Bertz CT molecular complexity index is 628. The van der Waals surface area contributed by atoms with E-state index in [1.54, 1.807) is 0 Å². The lowest BCUT2D eigenvalue weighted by Crippen LogP contribution is -2.14. The van der Waals surface area contributed by atoms with Crippen LogP contribution >= 0.6 is 0 Å². The van der Waals surface area contributed by atoms with Crippen molar-refractivity contribution in [1.29, 1.82) is 0 Å². The van der Waals surface area contributed by atoms with Gasteiger partial charge in [0.1, 0.15) is 11.9 Å². The van der Waals surface area contributed by atoms with E-state index < -0.39 is 0 Å². The Morgan fingerprint density at radius 3 is 2.76 bits per heavy atom. The van der Waals surface area contributed by atoms with Crippen LogP contribution in [-0.4, -0.2) is 42.0 Å². The number of unbranched alkanes of at least 4 members (excludes halogenated alkanes) is 1. The predicted octanol–water partition coefficient (Wildman–Crippen LogP) is 2.90. The number of rotatable bonds is 7. The van der Waals surface area contributed by atoms with Crippen LogP contribution in [-0.2, 0) is 0 Å². The van der Waals surface area contributed by atoms with Gasteiger partial charge in [-0.2, -0.15) is 0 Å². The number of benzene rings is 1. The largest absolute Gasteiger partial charge is 0.379 e. The Kier molecular flexibility index (Phi) is 5.05. The summed E-state index contributed by atoms with van der Waals surface area (Å²) in [5.41, 5.74) is 1.36. The Morgan fingerprint density at radius 1 is 1.29 bits per heavy atom. The van der Waals surface area contributed by atoms with Crippen molar-refractivity contribution in [1.82, 2.24) is 9.88 Å². The second-order valence-electron chi connectivity index (χ2n) is 5.23. The zero-order chi connectivity index (χ0) is 15.2. The van der Waals surface area contributed by atoms with E-state index in [9.17, 15) is 10.1 Å².